The zero-order valence-electron chi connectivity index (χ0n) is 12.3. The van der Waals surface area contributed by atoms with Crippen LogP contribution >= 0.6 is 0 Å². The Balaban J connectivity index is 1.77. The van der Waals surface area contributed by atoms with Crippen molar-refractivity contribution >= 4 is 5.71 Å². The van der Waals surface area contributed by atoms with Crippen LogP contribution in [0.5, 0.6) is 5.75 Å². The Kier molecular flexibility index (Phi) is 5.83. The van der Waals surface area contributed by atoms with Crippen molar-refractivity contribution in [1.82, 2.24) is 0 Å². The van der Waals surface area contributed by atoms with E-state index in [0.29, 0.717) is 6.61 Å². The summed E-state index contributed by atoms with van der Waals surface area (Å²) in [6.45, 7) is 2.50. The van der Waals surface area contributed by atoms with Crippen molar-refractivity contribution < 1.29 is 9.94 Å². The third-order valence-electron chi connectivity index (χ3n) is 3.37. The fourth-order valence-corrected chi connectivity index (χ4v) is 2.06. The lowest BCUT2D eigenvalue weighted by Gasteiger charge is -2.07. The van der Waals surface area contributed by atoms with Crippen molar-refractivity contribution in [3.63, 3.8) is 0 Å². The molecule has 0 atom stereocenters. The minimum atomic E-state index is 0.680. The van der Waals surface area contributed by atoms with E-state index in [4.69, 9.17) is 9.94 Å². The molecule has 0 saturated carbocycles. The lowest BCUT2D eigenvalue weighted by Crippen LogP contribution is -2.01. The van der Waals surface area contributed by atoms with Gasteiger partial charge < -0.3 is 9.94 Å². The van der Waals surface area contributed by atoms with Crippen molar-refractivity contribution in [2.24, 2.45) is 5.16 Å². The smallest absolute Gasteiger partial charge is 0.119 e. The lowest BCUT2D eigenvalue weighted by molar-refractivity contribution is 0.317. The molecular formula is C18H21NO2. The second-order valence-electron chi connectivity index (χ2n) is 5.06. The van der Waals surface area contributed by atoms with Crippen molar-refractivity contribution in [2.45, 2.75) is 26.2 Å². The molecule has 0 aromatic heterocycles. The number of oxime groups is 1. The SMILES string of the molecule is C/C(CCc1ccc(OCCc2ccccc2)cc1)=N\O. The van der Waals surface area contributed by atoms with Crippen LogP contribution in [0.3, 0.4) is 0 Å². The molecule has 3 nitrogen and oxygen atoms in total. The standard InChI is InChI=1S/C18H21NO2/c1-15(19-20)7-8-17-9-11-18(12-10-17)21-14-13-16-5-3-2-4-6-16/h2-6,9-12,20H,7-8,13-14H2,1H3/b19-15+. The maximum atomic E-state index is 8.62. The Bertz CT molecular complexity index is 562. The summed E-state index contributed by atoms with van der Waals surface area (Å²) in [5.74, 6) is 0.891. The lowest BCUT2D eigenvalue weighted by atomic mass is 10.1. The molecule has 110 valence electrons. The van der Waals surface area contributed by atoms with Crippen LogP contribution in [0, 0.1) is 0 Å². The van der Waals surface area contributed by atoms with Crippen LogP contribution < -0.4 is 4.74 Å². The summed E-state index contributed by atoms with van der Waals surface area (Å²) >= 11 is 0. The topological polar surface area (TPSA) is 41.8 Å². The molecule has 2 aromatic carbocycles. The van der Waals surface area contributed by atoms with Gasteiger partial charge in [0.25, 0.3) is 0 Å². The molecule has 0 unspecified atom stereocenters. The van der Waals surface area contributed by atoms with Crippen LogP contribution in [0.2, 0.25) is 0 Å². The van der Waals surface area contributed by atoms with E-state index in [1.54, 1.807) is 0 Å². The summed E-state index contributed by atoms with van der Waals surface area (Å²) in [6.07, 6.45) is 2.56. The molecular weight excluding hydrogens is 262 g/mol. The first-order valence-electron chi connectivity index (χ1n) is 7.21. The van der Waals surface area contributed by atoms with Gasteiger partial charge in [0.2, 0.25) is 0 Å². The van der Waals surface area contributed by atoms with E-state index in [2.05, 4.69) is 29.4 Å². The molecule has 3 heteroatoms. The highest BCUT2D eigenvalue weighted by Gasteiger charge is 1.99. The summed E-state index contributed by atoms with van der Waals surface area (Å²) in [6, 6.07) is 18.4. The van der Waals surface area contributed by atoms with E-state index in [1.807, 2.05) is 37.3 Å². The van der Waals surface area contributed by atoms with E-state index in [9.17, 15) is 0 Å². The number of ether oxygens (including phenoxy) is 1. The summed E-state index contributed by atoms with van der Waals surface area (Å²) in [5, 5.41) is 11.8. The molecule has 0 bridgehead atoms. The highest BCUT2D eigenvalue weighted by atomic mass is 16.5. The second-order valence-corrected chi connectivity index (χ2v) is 5.06. The molecule has 0 aliphatic rings. The van der Waals surface area contributed by atoms with Gasteiger partial charge in [-0.05, 0) is 43.0 Å². The van der Waals surface area contributed by atoms with Gasteiger partial charge in [-0.25, -0.2) is 0 Å². The Morgan fingerprint density at radius 2 is 1.62 bits per heavy atom. The van der Waals surface area contributed by atoms with E-state index in [0.717, 1.165) is 30.7 Å². The molecule has 21 heavy (non-hydrogen) atoms. The fourth-order valence-electron chi connectivity index (χ4n) is 2.06. The number of benzene rings is 2. The van der Waals surface area contributed by atoms with Crippen LogP contribution in [0.4, 0.5) is 0 Å². The van der Waals surface area contributed by atoms with Crippen molar-refractivity contribution in [2.75, 3.05) is 6.61 Å². The monoisotopic (exact) mass is 283 g/mol. The normalized spacial score (nSPS) is 11.4. The van der Waals surface area contributed by atoms with Gasteiger partial charge in [-0.2, -0.15) is 0 Å². The van der Waals surface area contributed by atoms with Crippen molar-refractivity contribution in [3.05, 3.63) is 65.7 Å². The Morgan fingerprint density at radius 1 is 0.952 bits per heavy atom. The number of aryl methyl sites for hydroxylation is 1. The number of hydrogen-bond acceptors (Lipinski definition) is 3. The predicted octanol–water partition coefficient (Wildman–Crippen LogP) is 4.09. The zero-order valence-corrected chi connectivity index (χ0v) is 12.3. The summed E-state index contributed by atoms with van der Waals surface area (Å²) in [5.41, 5.74) is 3.25. The Labute approximate surface area is 125 Å². The molecule has 2 aromatic rings. The Hall–Kier alpha value is -2.29. The first kappa shape index (κ1) is 15.1. The van der Waals surface area contributed by atoms with Crippen LogP contribution in [0.25, 0.3) is 0 Å². The first-order chi connectivity index (χ1) is 10.3. The minimum Gasteiger partial charge on any atom is -0.493 e. The molecule has 2 rings (SSSR count). The average molecular weight is 283 g/mol. The zero-order chi connectivity index (χ0) is 14.9. The summed E-state index contributed by atoms with van der Waals surface area (Å²) in [7, 11) is 0. The van der Waals surface area contributed by atoms with Crippen LogP contribution in [-0.4, -0.2) is 17.5 Å². The molecule has 0 amide bonds. The first-order valence-corrected chi connectivity index (χ1v) is 7.21. The van der Waals surface area contributed by atoms with E-state index < -0.39 is 0 Å². The second kappa shape index (κ2) is 8.10. The van der Waals surface area contributed by atoms with E-state index in [1.165, 1.54) is 11.1 Å². The molecule has 0 aliphatic heterocycles. The van der Waals surface area contributed by atoms with E-state index in [-0.39, 0.29) is 0 Å². The predicted molar refractivity (Wildman–Crippen MR) is 85.3 cm³/mol. The average Bonchev–Trinajstić information content (AvgIpc) is 2.55. The fraction of sp³-hybridized carbons (Fsp3) is 0.278. The quantitative estimate of drug-likeness (QED) is 0.472. The molecule has 0 fully saturated rings. The van der Waals surface area contributed by atoms with Gasteiger partial charge in [0.1, 0.15) is 5.75 Å². The van der Waals surface area contributed by atoms with Gasteiger partial charge in [0.15, 0.2) is 0 Å². The van der Waals surface area contributed by atoms with Crippen LogP contribution in [0.1, 0.15) is 24.5 Å². The van der Waals surface area contributed by atoms with Gasteiger partial charge in [-0.3, -0.25) is 0 Å². The van der Waals surface area contributed by atoms with Gasteiger partial charge in [-0.1, -0.05) is 47.6 Å². The largest absolute Gasteiger partial charge is 0.493 e. The Morgan fingerprint density at radius 3 is 2.29 bits per heavy atom. The van der Waals surface area contributed by atoms with E-state index >= 15 is 0 Å². The highest BCUT2D eigenvalue weighted by molar-refractivity contribution is 5.81. The van der Waals surface area contributed by atoms with Gasteiger partial charge in [0, 0.05) is 6.42 Å². The summed E-state index contributed by atoms with van der Waals surface area (Å²) < 4.78 is 5.75. The molecule has 0 spiro atoms. The highest BCUT2D eigenvalue weighted by Crippen LogP contribution is 2.14. The molecule has 1 N–H and O–H groups in total. The number of hydrogen-bond donors (Lipinski definition) is 1. The number of rotatable bonds is 7. The number of nitrogens with zero attached hydrogens (tertiary/aromatic N) is 1. The molecule has 0 aliphatic carbocycles. The summed E-state index contributed by atoms with van der Waals surface area (Å²) in [4.78, 5) is 0. The third kappa shape index (κ3) is 5.30. The van der Waals surface area contributed by atoms with Crippen molar-refractivity contribution in [3.8, 4) is 5.75 Å². The van der Waals surface area contributed by atoms with Gasteiger partial charge in [0.05, 0.1) is 12.3 Å². The molecule has 0 heterocycles. The maximum Gasteiger partial charge on any atom is 0.119 e. The molecule has 0 saturated heterocycles. The molecule has 0 radical (unpaired) electrons. The minimum absolute atomic E-state index is 0.680. The van der Waals surface area contributed by atoms with Crippen LogP contribution in [0.15, 0.2) is 59.8 Å². The van der Waals surface area contributed by atoms with Gasteiger partial charge in [-0.15, -0.1) is 0 Å². The third-order valence-corrected chi connectivity index (χ3v) is 3.37. The van der Waals surface area contributed by atoms with Gasteiger partial charge >= 0.3 is 0 Å². The van der Waals surface area contributed by atoms with Crippen LogP contribution in [-0.2, 0) is 12.8 Å². The van der Waals surface area contributed by atoms with Crippen molar-refractivity contribution in [1.29, 1.82) is 0 Å². The maximum absolute atomic E-state index is 8.62.